The fourth-order valence-corrected chi connectivity index (χ4v) is 4.04. The molecule has 1 aliphatic carbocycles. The number of likely N-dealkylation sites (tertiary alicyclic amines) is 1. The third kappa shape index (κ3) is 3.50. The van der Waals surface area contributed by atoms with E-state index in [9.17, 15) is 0 Å². The molecule has 21 heavy (non-hydrogen) atoms. The van der Waals surface area contributed by atoms with Crippen molar-refractivity contribution < 1.29 is 0 Å². The maximum Gasteiger partial charge on any atom is 0.140 e. The molecule has 0 bridgehead atoms. The Bertz CT molecular complexity index is 475. The SMILES string of the molecule is NNc1ccc(Cl)c(CN2CCC3(CCCCC3)CC2)n1. The number of hydrazine groups is 1. The number of hydrogen-bond acceptors (Lipinski definition) is 4. The van der Waals surface area contributed by atoms with Crippen LogP contribution in [-0.2, 0) is 6.54 Å². The summed E-state index contributed by atoms with van der Waals surface area (Å²) in [6.07, 6.45) is 9.83. The molecule has 1 aromatic heterocycles. The number of pyridine rings is 1. The van der Waals surface area contributed by atoms with Gasteiger partial charge in [-0.3, -0.25) is 4.90 Å². The molecule has 3 N–H and O–H groups in total. The molecule has 1 aliphatic heterocycles. The Hall–Kier alpha value is -0.840. The summed E-state index contributed by atoms with van der Waals surface area (Å²) in [6.45, 7) is 3.15. The van der Waals surface area contributed by atoms with E-state index >= 15 is 0 Å². The average Bonchev–Trinajstić information content (AvgIpc) is 2.53. The van der Waals surface area contributed by atoms with Crippen molar-refractivity contribution in [1.82, 2.24) is 9.88 Å². The number of nitrogens with two attached hydrogens (primary N) is 1. The second-order valence-electron chi connectivity index (χ2n) is 6.61. The van der Waals surface area contributed by atoms with E-state index in [0.717, 1.165) is 30.4 Å². The van der Waals surface area contributed by atoms with Gasteiger partial charge in [-0.1, -0.05) is 30.9 Å². The second kappa shape index (κ2) is 6.51. The topological polar surface area (TPSA) is 54.2 Å². The van der Waals surface area contributed by atoms with Gasteiger partial charge in [-0.05, 0) is 56.3 Å². The smallest absolute Gasteiger partial charge is 0.140 e. The number of piperidine rings is 1. The van der Waals surface area contributed by atoms with Crippen LogP contribution in [0.3, 0.4) is 0 Å². The highest BCUT2D eigenvalue weighted by Gasteiger charge is 2.35. The minimum Gasteiger partial charge on any atom is -0.308 e. The van der Waals surface area contributed by atoms with E-state index in [1.165, 1.54) is 44.9 Å². The highest BCUT2D eigenvalue weighted by Crippen LogP contribution is 2.44. The zero-order chi connectivity index (χ0) is 14.7. The fraction of sp³-hybridized carbons (Fsp3) is 0.688. The van der Waals surface area contributed by atoms with E-state index in [1.54, 1.807) is 6.07 Å². The van der Waals surface area contributed by atoms with Gasteiger partial charge in [0.25, 0.3) is 0 Å². The first kappa shape index (κ1) is 15.1. The van der Waals surface area contributed by atoms with Gasteiger partial charge in [0.1, 0.15) is 5.82 Å². The van der Waals surface area contributed by atoms with Crippen LogP contribution in [0.2, 0.25) is 5.02 Å². The van der Waals surface area contributed by atoms with Gasteiger partial charge in [0.2, 0.25) is 0 Å². The minimum atomic E-state index is 0.645. The first-order valence-electron chi connectivity index (χ1n) is 8.05. The summed E-state index contributed by atoms with van der Waals surface area (Å²) < 4.78 is 0. The molecule has 1 aromatic rings. The van der Waals surface area contributed by atoms with E-state index in [1.807, 2.05) is 6.07 Å². The lowest BCUT2D eigenvalue weighted by Crippen LogP contribution is -2.40. The highest BCUT2D eigenvalue weighted by atomic mass is 35.5. The minimum absolute atomic E-state index is 0.645. The number of anilines is 1. The third-order valence-electron chi connectivity index (χ3n) is 5.27. The van der Waals surface area contributed by atoms with E-state index in [2.05, 4.69) is 15.3 Å². The number of nitrogens with zero attached hydrogens (tertiary/aromatic N) is 2. The predicted molar refractivity (Wildman–Crippen MR) is 87.1 cm³/mol. The molecule has 5 heteroatoms. The molecule has 3 rings (SSSR count). The Morgan fingerprint density at radius 1 is 1.14 bits per heavy atom. The molecule has 2 fully saturated rings. The maximum absolute atomic E-state index is 6.26. The van der Waals surface area contributed by atoms with E-state index < -0.39 is 0 Å². The van der Waals surface area contributed by atoms with Crippen LogP contribution < -0.4 is 11.3 Å². The van der Waals surface area contributed by atoms with Crippen molar-refractivity contribution in [2.75, 3.05) is 18.5 Å². The second-order valence-corrected chi connectivity index (χ2v) is 7.01. The zero-order valence-corrected chi connectivity index (χ0v) is 13.3. The summed E-state index contributed by atoms with van der Waals surface area (Å²) >= 11 is 6.26. The summed E-state index contributed by atoms with van der Waals surface area (Å²) in [5.74, 6) is 6.10. The van der Waals surface area contributed by atoms with Crippen molar-refractivity contribution in [3.8, 4) is 0 Å². The lowest BCUT2D eigenvalue weighted by molar-refractivity contribution is 0.0636. The molecule has 116 valence electrons. The van der Waals surface area contributed by atoms with Gasteiger partial charge in [0.15, 0.2) is 0 Å². The average molecular weight is 309 g/mol. The Morgan fingerprint density at radius 3 is 2.52 bits per heavy atom. The van der Waals surface area contributed by atoms with Crippen LogP contribution in [0.15, 0.2) is 12.1 Å². The first-order valence-corrected chi connectivity index (χ1v) is 8.43. The molecular formula is C16H25ClN4. The molecule has 1 saturated heterocycles. The third-order valence-corrected chi connectivity index (χ3v) is 5.61. The van der Waals surface area contributed by atoms with Crippen molar-refractivity contribution in [3.05, 3.63) is 22.8 Å². The number of aromatic nitrogens is 1. The van der Waals surface area contributed by atoms with Crippen molar-refractivity contribution >= 4 is 17.4 Å². The van der Waals surface area contributed by atoms with Crippen molar-refractivity contribution in [2.24, 2.45) is 11.3 Å². The molecule has 0 radical (unpaired) electrons. The summed E-state index contributed by atoms with van der Waals surface area (Å²) in [7, 11) is 0. The molecule has 0 atom stereocenters. The summed E-state index contributed by atoms with van der Waals surface area (Å²) in [5.41, 5.74) is 4.16. The standard InChI is InChI=1S/C16H25ClN4/c17-13-4-5-15(20-18)19-14(13)12-21-10-8-16(9-11-21)6-2-1-3-7-16/h4-5H,1-3,6-12,18H2,(H,19,20). The van der Waals surface area contributed by atoms with Crippen LogP contribution in [0.1, 0.15) is 50.6 Å². The van der Waals surface area contributed by atoms with Crippen LogP contribution >= 0.6 is 11.6 Å². The monoisotopic (exact) mass is 308 g/mol. The molecule has 2 aliphatic rings. The Labute approximate surface area is 132 Å². The normalized spacial score (nSPS) is 22.4. The van der Waals surface area contributed by atoms with Gasteiger partial charge in [-0.15, -0.1) is 0 Å². The van der Waals surface area contributed by atoms with Crippen LogP contribution in [-0.4, -0.2) is 23.0 Å². The molecule has 0 amide bonds. The molecule has 0 aromatic carbocycles. The van der Waals surface area contributed by atoms with Crippen molar-refractivity contribution in [3.63, 3.8) is 0 Å². The molecular weight excluding hydrogens is 284 g/mol. The summed E-state index contributed by atoms with van der Waals surface area (Å²) in [4.78, 5) is 6.96. The lowest BCUT2D eigenvalue weighted by Gasteiger charge is -2.44. The van der Waals surface area contributed by atoms with Crippen LogP contribution in [0.25, 0.3) is 0 Å². The van der Waals surface area contributed by atoms with Crippen LogP contribution in [0, 0.1) is 5.41 Å². The van der Waals surface area contributed by atoms with Gasteiger partial charge in [-0.25, -0.2) is 10.8 Å². The molecule has 1 saturated carbocycles. The van der Waals surface area contributed by atoms with Crippen LogP contribution in [0.4, 0.5) is 5.82 Å². The number of nitrogens with one attached hydrogen (secondary N) is 1. The Balaban J connectivity index is 1.60. The predicted octanol–water partition coefficient (Wildman–Crippen LogP) is 3.57. The quantitative estimate of drug-likeness (QED) is 0.662. The Morgan fingerprint density at radius 2 is 1.86 bits per heavy atom. The number of halogens is 1. The lowest BCUT2D eigenvalue weighted by atomic mass is 9.68. The molecule has 1 spiro atoms. The van der Waals surface area contributed by atoms with Gasteiger partial charge in [-0.2, -0.15) is 0 Å². The van der Waals surface area contributed by atoms with E-state index in [0.29, 0.717) is 11.2 Å². The van der Waals surface area contributed by atoms with Crippen molar-refractivity contribution in [1.29, 1.82) is 0 Å². The van der Waals surface area contributed by atoms with Gasteiger partial charge >= 0.3 is 0 Å². The Kier molecular flexibility index (Phi) is 4.67. The molecule has 4 nitrogen and oxygen atoms in total. The van der Waals surface area contributed by atoms with E-state index in [-0.39, 0.29) is 0 Å². The van der Waals surface area contributed by atoms with Crippen LogP contribution in [0.5, 0.6) is 0 Å². The zero-order valence-electron chi connectivity index (χ0n) is 12.6. The fourth-order valence-electron chi connectivity index (χ4n) is 3.87. The number of rotatable bonds is 3. The summed E-state index contributed by atoms with van der Waals surface area (Å²) in [6, 6.07) is 3.67. The van der Waals surface area contributed by atoms with Gasteiger partial charge < -0.3 is 5.43 Å². The van der Waals surface area contributed by atoms with Crippen molar-refractivity contribution in [2.45, 2.75) is 51.5 Å². The largest absolute Gasteiger partial charge is 0.308 e. The van der Waals surface area contributed by atoms with E-state index in [4.69, 9.17) is 17.4 Å². The van der Waals surface area contributed by atoms with Gasteiger partial charge in [0, 0.05) is 6.54 Å². The van der Waals surface area contributed by atoms with Gasteiger partial charge in [0.05, 0.1) is 10.7 Å². The molecule has 0 unspecified atom stereocenters. The summed E-state index contributed by atoms with van der Waals surface area (Å²) in [5, 5.41) is 0.729. The maximum atomic E-state index is 6.26. The number of nitrogen functional groups attached to an aromatic ring is 1. The first-order chi connectivity index (χ1) is 10.2. The number of hydrogen-bond donors (Lipinski definition) is 2. The molecule has 2 heterocycles. The highest BCUT2D eigenvalue weighted by molar-refractivity contribution is 6.31.